The van der Waals surface area contributed by atoms with E-state index < -0.39 is 91.5 Å². The second-order valence-corrected chi connectivity index (χ2v) is 28.3. The molecule has 16 nitrogen and oxygen atoms in total. The van der Waals surface area contributed by atoms with E-state index in [1.165, 1.54) is 64.2 Å². The van der Waals surface area contributed by atoms with E-state index in [9.17, 15) is 43.5 Å². The van der Waals surface area contributed by atoms with E-state index >= 15 is 0 Å². The summed E-state index contributed by atoms with van der Waals surface area (Å²) in [7, 11) is -9.80. The van der Waals surface area contributed by atoms with Crippen LogP contribution in [0.2, 0.25) is 0 Å². The van der Waals surface area contributed by atoms with Gasteiger partial charge in [-0.2, -0.15) is 0 Å². The molecule has 0 aliphatic carbocycles. The summed E-state index contributed by atoms with van der Waals surface area (Å²) in [4.78, 5) is 58.5. The number of carbonyl (C=O) groups excluding carboxylic acids is 3. The van der Waals surface area contributed by atoms with E-state index in [0.717, 1.165) is 167 Å². The molecule has 0 radical (unpaired) electrons. The number of aliphatic hydroxyl groups is 2. The van der Waals surface area contributed by atoms with Gasteiger partial charge in [0.1, 0.15) is 25.4 Å². The summed E-state index contributed by atoms with van der Waals surface area (Å²) < 4.78 is 61.0. The van der Waals surface area contributed by atoms with Crippen LogP contribution in [0.5, 0.6) is 0 Å². The second kappa shape index (κ2) is 74.9. The summed E-state index contributed by atoms with van der Waals surface area (Å²) in [5.74, 6) is -1.62. The highest BCUT2D eigenvalue weighted by Crippen LogP contribution is 2.45. The Balaban J connectivity index is 4.47. The van der Waals surface area contributed by atoms with E-state index in [2.05, 4.69) is 179 Å². The molecule has 5 unspecified atom stereocenters. The quantitative estimate of drug-likeness (QED) is 0.0146. The monoisotopic (exact) mass is 1450 g/mol. The van der Waals surface area contributed by atoms with Crippen molar-refractivity contribution in [1.29, 1.82) is 0 Å². The van der Waals surface area contributed by atoms with Gasteiger partial charge in [0.15, 0.2) is 6.10 Å². The first-order chi connectivity index (χ1) is 49.2. The van der Waals surface area contributed by atoms with Gasteiger partial charge < -0.3 is 34.2 Å². The molecule has 0 amide bonds. The van der Waals surface area contributed by atoms with Crippen molar-refractivity contribution in [2.75, 3.05) is 39.6 Å². The summed E-state index contributed by atoms with van der Waals surface area (Å²) in [5, 5.41) is 20.6. The van der Waals surface area contributed by atoms with Crippen molar-refractivity contribution in [2.24, 2.45) is 0 Å². The van der Waals surface area contributed by atoms with Crippen LogP contribution < -0.4 is 0 Å². The molecule has 0 fully saturated rings. The first kappa shape index (κ1) is 96.2. The number of unbranched alkanes of at least 4 members (excludes halogenated alkanes) is 23. The zero-order valence-electron chi connectivity index (χ0n) is 62.8. The number of hydrogen-bond acceptors (Lipinski definition) is 14. The smallest absolute Gasteiger partial charge is 0.463 e. The van der Waals surface area contributed by atoms with Crippen LogP contribution in [0.4, 0.5) is 0 Å². The van der Waals surface area contributed by atoms with Crippen molar-refractivity contribution >= 4 is 33.6 Å². The molecule has 0 aliphatic rings. The zero-order valence-corrected chi connectivity index (χ0v) is 64.6. The number of carbonyl (C=O) groups is 3. The molecule has 0 rings (SSSR count). The minimum atomic E-state index is -4.94. The third-order valence-corrected chi connectivity index (χ3v) is 17.6. The number of aliphatic hydroxyl groups excluding tert-OH is 2. The highest BCUT2D eigenvalue weighted by Gasteiger charge is 2.29. The third kappa shape index (κ3) is 76.1. The van der Waals surface area contributed by atoms with Crippen LogP contribution in [0.3, 0.4) is 0 Å². The van der Waals surface area contributed by atoms with E-state index in [-0.39, 0.29) is 19.3 Å². The average molecular weight is 1450 g/mol. The summed E-state index contributed by atoms with van der Waals surface area (Å²) >= 11 is 0. The van der Waals surface area contributed by atoms with Gasteiger partial charge in [0.2, 0.25) is 0 Å². The van der Waals surface area contributed by atoms with Gasteiger partial charge in [-0.05, 0) is 141 Å². The van der Waals surface area contributed by atoms with E-state index in [4.69, 9.17) is 32.3 Å². The van der Waals surface area contributed by atoms with Crippen LogP contribution >= 0.6 is 15.6 Å². The van der Waals surface area contributed by atoms with Crippen LogP contribution in [-0.2, 0) is 55.8 Å². The van der Waals surface area contributed by atoms with Crippen molar-refractivity contribution in [3.63, 3.8) is 0 Å². The summed E-state index contributed by atoms with van der Waals surface area (Å²) in [6.07, 6.45) is 93.1. The maximum atomic E-state index is 12.9. The van der Waals surface area contributed by atoms with E-state index in [1.807, 2.05) is 0 Å². The maximum absolute atomic E-state index is 12.9. The summed E-state index contributed by atoms with van der Waals surface area (Å²) in [6.45, 7) is 2.35. The van der Waals surface area contributed by atoms with Crippen molar-refractivity contribution < 1.29 is 75.8 Å². The Labute approximate surface area is 612 Å². The van der Waals surface area contributed by atoms with Gasteiger partial charge in [-0.1, -0.05) is 288 Å². The Bertz CT molecular complexity index is 2470. The molecule has 5 atom stereocenters. The average Bonchev–Trinajstić information content (AvgIpc) is 0.947. The van der Waals surface area contributed by atoms with Crippen LogP contribution in [-0.4, -0.2) is 95.9 Å². The van der Waals surface area contributed by atoms with Gasteiger partial charge in [-0.15, -0.1) is 0 Å². The molecule has 4 N–H and O–H groups in total. The first-order valence-corrected chi connectivity index (χ1v) is 41.8. The molecule has 0 spiro atoms. The lowest BCUT2D eigenvalue weighted by Gasteiger charge is -2.21. The normalized spacial score (nSPS) is 14.9. The van der Waals surface area contributed by atoms with E-state index in [0.29, 0.717) is 19.3 Å². The van der Waals surface area contributed by atoms with Gasteiger partial charge in [-0.3, -0.25) is 32.5 Å². The summed E-state index contributed by atoms with van der Waals surface area (Å²) in [5.41, 5.74) is 0. The molecule has 576 valence electrons. The topological polar surface area (TPSA) is 231 Å². The molecule has 0 bridgehead atoms. The molecule has 0 saturated heterocycles. The predicted octanol–water partition coefficient (Wildman–Crippen LogP) is 22.6. The lowest BCUT2D eigenvalue weighted by atomic mass is 10.0. The molecule has 0 aliphatic heterocycles. The SMILES string of the molecule is CC/C=C\C/C=C\C/C=C\C/C=C\C/C=C\C/C=C\CCCCCCCCCCCCCCC(=O)OCC(O)COP(=O)(O)OCC(O)COP(=O)(O)OCC(COC(=O)CCCCCC/C=C\C/C=C\C/C=C\C/C=C\C/C=C\C/C=C\CC)OC(=O)CCCCCCC/C=C\CCCC. The van der Waals surface area contributed by atoms with Crippen LogP contribution in [0.25, 0.3) is 0 Å². The number of allylic oxidation sites excluding steroid dienone is 26. The first-order valence-electron chi connectivity index (χ1n) is 38.8. The van der Waals surface area contributed by atoms with Crippen molar-refractivity contribution in [2.45, 2.75) is 309 Å². The van der Waals surface area contributed by atoms with E-state index in [1.54, 1.807) is 0 Å². The number of hydrogen-bond donors (Lipinski definition) is 4. The molecule has 0 heterocycles. The Kier molecular flexibility index (Phi) is 71.3. The molecule has 0 saturated carbocycles. The van der Waals surface area contributed by atoms with Crippen molar-refractivity contribution in [1.82, 2.24) is 0 Å². The van der Waals surface area contributed by atoms with Crippen LogP contribution in [0, 0.1) is 0 Å². The van der Waals surface area contributed by atoms with Gasteiger partial charge in [-0.25, -0.2) is 9.13 Å². The highest BCUT2D eigenvalue weighted by molar-refractivity contribution is 7.47. The third-order valence-electron chi connectivity index (χ3n) is 15.7. The van der Waals surface area contributed by atoms with Gasteiger partial charge in [0.05, 0.1) is 26.4 Å². The predicted molar refractivity (Wildman–Crippen MR) is 417 cm³/mol. The molecular weight excluding hydrogens is 1310 g/mol. The number of phosphoric acid groups is 2. The number of ether oxygens (including phenoxy) is 3. The Hall–Kier alpha value is -4.83. The number of phosphoric ester groups is 2. The summed E-state index contributed by atoms with van der Waals surface area (Å²) in [6, 6.07) is 0. The Morgan fingerprint density at radius 2 is 0.525 bits per heavy atom. The van der Waals surface area contributed by atoms with Gasteiger partial charge in [0.25, 0.3) is 0 Å². The minimum Gasteiger partial charge on any atom is -0.463 e. The maximum Gasteiger partial charge on any atom is 0.472 e. The lowest BCUT2D eigenvalue weighted by molar-refractivity contribution is -0.161. The fourth-order valence-electron chi connectivity index (χ4n) is 9.85. The molecule has 101 heavy (non-hydrogen) atoms. The van der Waals surface area contributed by atoms with Crippen LogP contribution in [0.15, 0.2) is 158 Å². The second-order valence-electron chi connectivity index (χ2n) is 25.4. The number of rotatable bonds is 72. The lowest BCUT2D eigenvalue weighted by Crippen LogP contribution is -2.30. The highest BCUT2D eigenvalue weighted by atomic mass is 31.2. The zero-order chi connectivity index (χ0) is 73.7. The fourth-order valence-corrected chi connectivity index (χ4v) is 11.4. The van der Waals surface area contributed by atoms with Crippen molar-refractivity contribution in [3.8, 4) is 0 Å². The molecule has 0 aromatic heterocycles. The molecule has 0 aromatic rings. The molecule has 18 heteroatoms. The largest absolute Gasteiger partial charge is 0.472 e. The Morgan fingerprint density at radius 1 is 0.287 bits per heavy atom. The van der Waals surface area contributed by atoms with Gasteiger partial charge in [0, 0.05) is 19.3 Å². The minimum absolute atomic E-state index is 0.0838. The standard InChI is InChI=1S/C83H138O16P2/c1-4-7-10-13-16-19-22-24-26-28-30-32-34-35-36-37-38-39-40-41-43-45-46-48-50-52-55-57-60-63-66-69-81(86)93-72-78(84)73-95-100(89,90)96-74-79(85)75-97-101(91,92)98-77-80(99-83(88)71-68-65-62-59-54-21-18-15-12-9-6-3)76-94-82(87)70-67-64-61-58-56-53-51-49-47-44-42-33-31-29-27-25-23-20-17-14-11-8-5-2/h7-8,10-11,15-20,24-27,30-33,35-36,38-39,44,47,51,53,78-80,84-85H,4-6,9,12-14,21-23,28-29,34,37,40-43,45-46,48-50,52,54-77H2,1-3H3,(H,89,90)(H,91,92)/b10-7-,11-8-,18-15-,19-16-,20-17-,26-24-,27-25-,32-30-,33-31-,36-35-,39-38-,47-44-,53-51-. The van der Waals surface area contributed by atoms with Gasteiger partial charge >= 0.3 is 33.6 Å². The van der Waals surface area contributed by atoms with Crippen LogP contribution in [0.1, 0.15) is 290 Å². The van der Waals surface area contributed by atoms with Crippen molar-refractivity contribution in [3.05, 3.63) is 158 Å². The molecule has 0 aromatic carbocycles. The molecular formula is C83H138O16P2. The fraction of sp³-hybridized carbons (Fsp3) is 0.651. The number of esters is 3. The Morgan fingerprint density at radius 3 is 0.842 bits per heavy atom.